The molecule has 2 fully saturated rings. The molecule has 2 saturated heterocycles. The van der Waals surface area contributed by atoms with E-state index in [2.05, 4.69) is 4.99 Å². The molecule has 1 amide bonds. The highest BCUT2D eigenvalue weighted by atomic mass is 32.2. The maximum absolute atomic E-state index is 12.1. The van der Waals surface area contributed by atoms with Crippen LogP contribution in [0.25, 0.3) is 0 Å². The standard InChI is InChI=1S/C21H19N3O4S2/c22-11-10-20(25)23-21-24(18-13-30(26,27)14-19(18)29-21)16-6-8-17(9-7-16)28-12-15-4-2-1-3-5-15/h1-9,18-19H,10,12-14H2/t18-,19+/m1/s1. The lowest BCUT2D eigenvalue weighted by Crippen LogP contribution is -2.37. The SMILES string of the molecule is N#CCC(=O)N=C1S[C@H]2CS(=O)(=O)C[C@H]2N1c1ccc(OCc2ccccc2)cc1. The van der Waals surface area contributed by atoms with Gasteiger partial charge in [0.05, 0.1) is 23.6 Å². The van der Waals surface area contributed by atoms with Gasteiger partial charge in [0, 0.05) is 10.9 Å². The fraction of sp³-hybridized carbons (Fsp3) is 0.286. The molecule has 2 aromatic carbocycles. The van der Waals surface area contributed by atoms with Gasteiger partial charge in [-0.2, -0.15) is 10.3 Å². The number of hydrogen-bond acceptors (Lipinski definition) is 6. The van der Waals surface area contributed by atoms with Gasteiger partial charge in [-0.25, -0.2) is 8.42 Å². The van der Waals surface area contributed by atoms with Gasteiger partial charge < -0.3 is 9.64 Å². The highest BCUT2D eigenvalue weighted by Gasteiger charge is 2.49. The first-order valence-electron chi connectivity index (χ1n) is 9.37. The zero-order valence-corrected chi connectivity index (χ0v) is 17.6. The fourth-order valence-electron chi connectivity index (χ4n) is 3.52. The van der Waals surface area contributed by atoms with E-state index in [1.165, 1.54) is 11.8 Å². The Morgan fingerprint density at radius 1 is 1.17 bits per heavy atom. The van der Waals surface area contributed by atoms with Crippen LogP contribution in [0.3, 0.4) is 0 Å². The maximum Gasteiger partial charge on any atom is 0.262 e. The number of fused-ring (bicyclic) bond motifs is 1. The Morgan fingerprint density at radius 3 is 2.60 bits per heavy atom. The second-order valence-corrected chi connectivity index (χ2v) is 10.4. The zero-order valence-electron chi connectivity index (χ0n) is 16.0. The molecule has 0 saturated carbocycles. The third kappa shape index (κ3) is 4.50. The number of anilines is 1. The van der Waals surface area contributed by atoms with Crippen molar-refractivity contribution < 1.29 is 17.9 Å². The summed E-state index contributed by atoms with van der Waals surface area (Å²) in [6, 6.07) is 18.6. The summed E-state index contributed by atoms with van der Waals surface area (Å²) in [4.78, 5) is 17.8. The topological polar surface area (TPSA) is 99.8 Å². The lowest BCUT2D eigenvalue weighted by molar-refractivity contribution is -0.116. The first-order valence-corrected chi connectivity index (χ1v) is 12.1. The molecule has 30 heavy (non-hydrogen) atoms. The summed E-state index contributed by atoms with van der Waals surface area (Å²) in [6.45, 7) is 0.443. The van der Waals surface area contributed by atoms with Crippen molar-refractivity contribution in [3.05, 3.63) is 60.2 Å². The van der Waals surface area contributed by atoms with Gasteiger partial charge in [-0.05, 0) is 29.8 Å². The minimum Gasteiger partial charge on any atom is -0.489 e. The van der Waals surface area contributed by atoms with Gasteiger partial charge in [0.15, 0.2) is 15.0 Å². The number of hydrogen-bond donors (Lipinski definition) is 0. The van der Waals surface area contributed by atoms with E-state index in [0.29, 0.717) is 17.5 Å². The van der Waals surface area contributed by atoms with Crippen LogP contribution in [0.4, 0.5) is 5.69 Å². The molecule has 2 aliphatic heterocycles. The van der Waals surface area contributed by atoms with Crippen LogP contribution in [0, 0.1) is 11.3 Å². The molecule has 2 aromatic rings. The third-order valence-electron chi connectivity index (χ3n) is 4.88. The predicted octanol–water partition coefficient (Wildman–Crippen LogP) is 2.78. The lowest BCUT2D eigenvalue weighted by atomic mass is 10.2. The smallest absolute Gasteiger partial charge is 0.262 e. The molecule has 0 aromatic heterocycles. The quantitative estimate of drug-likeness (QED) is 0.703. The second kappa shape index (κ2) is 8.50. The molecule has 0 unspecified atom stereocenters. The van der Waals surface area contributed by atoms with Crippen molar-refractivity contribution in [2.24, 2.45) is 4.99 Å². The average molecular weight is 442 g/mol. The van der Waals surface area contributed by atoms with Crippen LogP contribution in [-0.4, -0.2) is 42.3 Å². The monoisotopic (exact) mass is 441 g/mol. The molecule has 7 nitrogen and oxygen atoms in total. The number of ether oxygens (including phenoxy) is 1. The van der Waals surface area contributed by atoms with Gasteiger partial charge in [0.25, 0.3) is 5.91 Å². The number of carbonyl (C=O) groups excluding carboxylic acids is 1. The number of aliphatic imine (C=N–C) groups is 1. The molecule has 2 heterocycles. The van der Waals surface area contributed by atoms with Gasteiger partial charge >= 0.3 is 0 Å². The number of amidine groups is 1. The summed E-state index contributed by atoms with van der Waals surface area (Å²) in [5.41, 5.74) is 1.80. The van der Waals surface area contributed by atoms with E-state index in [9.17, 15) is 13.2 Å². The first-order chi connectivity index (χ1) is 14.4. The van der Waals surface area contributed by atoms with Gasteiger partial charge in [-0.1, -0.05) is 42.1 Å². The molecule has 0 N–H and O–H groups in total. The Labute approximate surface area is 179 Å². The van der Waals surface area contributed by atoms with Crippen molar-refractivity contribution in [3.63, 3.8) is 0 Å². The minimum absolute atomic E-state index is 0.0163. The molecule has 0 bridgehead atoms. The van der Waals surface area contributed by atoms with Crippen molar-refractivity contribution in [1.29, 1.82) is 5.26 Å². The van der Waals surface area contributed by atoms with Gasteiger partial charge in [-0.15, -0.1) is 0 Å². The molecule has 0 radical (unpaired) electrons. The van der Waals surface area contributed by atoms with Crippen LogP contribution in [-0.2, 0) is 21.2 Å². The van der Waals surface area contributed by atoms with E-state index >= 15 is 0 Å². The Hall–Kier alpha value is -2.83. The van der Waals surface area contributed by atoms with Crippen molar-refractivity contribution in [2.75, 3.05) is 16.4 Å². The van der Waals surface area contributed by atoms with Gasteiger partial charge in [0.1, 0.15) is 18.8 Å². The van der Waals surface area contributed by atoms with Crippen LogP contribution in [0.1, 0.15) is 12.0 Å². The molecule has 154 valence electrons. The lowest BCUT2D eigenvalue weighted by Gasteiger charge is -2.24. The van der Waals surface area contributed by atoms with Gasteiger partial charge in [0.2, 0.25) is 0 Å². The van der Waals surface area contributed by atoms with Crippen molar-refractivity contribution in [3.8, 4) is 11.8 Å². The van der Waals surface area contributed by atoms with Crippen LogP contribution in [0.5, 0.6) is 5.75 Å². The molecular formula is C21H19N3O4S2. The summed E-state index contributed by atoms with van der Waals surface area (Å²) < 4.78 is 30.0. The number of benzene rings is 2. The Kier molecular flexibility index (Phi) is 5.79. The third-order valence-corrected chi connectivity index (χ3v) is 8.09. The van der Waals surface area contributed by atoms with Crippen molar-refractivity contribution in [2.45, 2.75) is 24.3 Å². The van der Waals surface area contributed by atoms with E-state index in [4.69, 9.17) is 10.00 Å². The summed E-state index contributed by atoms with van der Waals surface area (Å²) in [5, 5.41) is 8.99. The number of nitrogens with zero attached hydrogens (tertiary/aromatic N) is 3. The number of carbonyl (C=O) groups is 1. The molecular weight excluding hydrogens is 422 g/mol. The van der Waals surface area contributed by atoms with E-state index in [-0.39, 0.29) is 29.2 Å². The fourth-order valence-corrected chi connectivity index (χ4v) is 7.46. The normalized spacial score (nSPS) is 23.2. The van der Waals surface area contributed by atoms with Crippen LogP contribution in [0.15, 0.2) is 59.6 Å². The number of amides is 1. The summed E-state index contributed by atoms with van der Waals surface area (Å²) in [7, 11) is -3.14. The summed E-state index contributed by atoms with van der Waals surface area (Å²) >= 11 is 1.29. The summed E-state index contributed by atoms with van der Waals surface area (Å²) in [6.07, 6.45) is -0.308. The average Bonchev–Trinajstić information content (AvgIpc) is 3.18. The van der Waals surface area contributed by atoms with Crippen LogP contribution >= 0.6 is 11.8 Å². The molecule has 0 aliphatic carbocycles. The minimum atomic E-state index is -3.14. The van der Waals surface area contributed by atoms with E-state index in [1.807, 2.05) is 54.6 Å². The van der Waals surface area contributed by atoms with Crippen molar-refractivity contribution >= 4 is 38.4 Å². The largest absolute Gasteiger partial charge is 0.489 e. The van der Waals surface area contributed by atoms with Crippen molar-refractivity contribution in [1.82, 2.24) is 0 Å². The van der Waals surface area contributed by atoms with Gasteiger partial charge in [-0.3, -0.25) is 4.79 Å². The molecule has 9 heteroatoms. The molecule has 2 atom stereocenters. The highest BCUT2D eigenvalue weighted by molar-refractivity contribution is 8.16. The van der Waals surface area contributed by atoms with Crippen LogP contribution < -0.4 is 9.64 Å². The Bertz CT molecular complexity index is 1110. The Balaban J connectivity index is 1.55. The Morgan fingerprint density at radius 2 is 1.90 bits per heavy atom. The van der Waals surface area contributed by atoms with E-state index in [1.54, 1.807) is 11.0 Å². The molecule has 2 aliphatic rings. The van der Waals surface area contributed by atoms with E-state index in [0.717, 1.165) is 11.3 Å². The van der Waals surface area contributed by atoms with Crippen LogP contribution in [0.2, 0.25) is 0 Å². The molecule has 4 rings (SSSR count). The molecule has 0 spiro atoms. The number of sulfone groups is 1. The first kappa shape index (κ1) is 20.4. The highest BCUT2D eigenvalue weighted by Crippen LogP contribution is 2.41. The number of nitriles is 1. The van der Waals surface area contributed by atoms with E-state index < -0.39 is 15.7 Å². The number of thioether (sulfide) groups is 1. The maximum atomic E-state index is 12.1. The zero-order chi connectivity index (χ0) is 21.1. The predicted molar refractivity (Wildman–Crippen MR) is 116 cm³/mol. The summed E-state index contributed by atoms with van der Waals surface area (Å²) in [5.74, 6) is 0.227. The second-order valence-electron chi connectivity index (χ2n) is 7.06. The number of rotatable bonds is 5.